The Balaban J connectivity index is 1.41. The zero-order valence-electron chi connectivity index (χ0n) is 21.0. The maximum absolute atomic E-state index is 14.0. The van der Waals surface area contributed by atoms with Gasteiger partial charge in [0.1, 0.15) is 6.04 Å². The van der Waals surface area contributed by atoms with Gasteiger partial charge in [0.05, 0.1) is 33.4 Å². The molecule has 0 spiro atoms. The van der Waals surface area contributed by atoms with Crippen LogP contribution < -0.4 is 15.1 Å². The third kappa shape index (κ3) is 3.72. The molecule has 1 N–H and O–H groups in total. The van der Waals surface area contributed by atoms with Gasteiger partial charge in [-0.1, -0.05) is 30.4 Å². The minimum Gasteiger partial charge on any atom is -0.351 e. The number of fused-ring (bicyclic) bond motifs is 5. The van der Waals surface area contributed by atoms with Gasteiger partial charge in [-0.15, -0.1) is 0 Å². The maximum atomic E-state index is 14.0. The van der Waals surface area contributed by atoms with Crippen molar-refractivity contribution in [2.45, 2.75) is 19.0 Å². The monoisotopic (exact) mass is 539 g/mol. The van der Waals surface area contributed by atoms with Crippen LogP contribution in [0.5, 0.6) is 0 Å². The van der Waals surface area contributed by atoms with Gasteiger partial charge in [0.2, 0.25) is 17.7 Å². The predicted octanol–water partition coefficient (Wildman–Crippen LogP) is 3.84. The molecule has 40 heavy (non-hydrogen) atoms. The number of nitro groups is 2. The summed E-state index contributed by atoms with van der Waals surface area (Å²) in [6.07, 6.45) is 3.68. The lowest BCUT2D eigenvalue weighted by atomic mass is 9.88. The molecule has 200 valence electrons. The highest BCUT2D eigenvalue weighted by atomic mass is 16.6. The molecule has 0 aromatic heterocycles. The van der Waals surface area contributed by atoms with E-state index in [4.69, 9.17) is 0 Å². The molecule has 2 saturated heterocycles. The second-order valence-corrected chi connectivity index (χ2v) is 9.85. The molecule has 12 heteroatoms. The van der Waals surface area contributed by atoms with Crippen LogP contribution in [0.15, 0.2) is 72.8 Å². The lowest BCUT2D eigenvalue weighted by Crippen LogP contribution is -2.50. The third-order valence-electron chi connectivity index (χ3n) is 7.66. The molecular weight excluding hydrogens is 518 g/mol. The molecule has 3 aromatic carbocycles. The summed E-state index contributed by atoms with van der Waals surface area (Å²) in [5.74, 6) is -3.52. The molecule has 0 saturated carbocycles. The molecule has 4 atom stereocenters. The number of nitrogens with zero attached hydrogens (tertiary/aromatic N) is 4. The SMILES string of the molecule is Cc1cc([N+](=O)[O-])ccc1N1C(=O)[C@@H]2[C@H](C1=O)[C@H](C(=O)Nc1ccc([N+](=O)[O-])cc1)N1c3ccccc3C=C[C@@H]21. The lowest BCUT2D eigenvalue weighted by molar-refractivity contribution is -0.385. The van der Waals surface area contributed by atoms with E-state index < -0.39 is 51.5 Å². The van der Waals surface area contributed by atoms with Crippen LogP contribution in [0.1, 0.15) is 11.1 Å². The van der Waals surface area contributed by atoms with Crippen LogP contribution in [0.3, 0.4) is 0 Å². The molecule has 3 aliphatic heterocycles. The average molecular weight is 540 g/mol. The third-order valence-corrected chi connectivity index (χ3v) is 7.66. The number of aryl methyl sites for hydroxylation is 1. The summed E-state index contributed by atoms with van der Waals surface area (Å²) in [5, 5.41) is 25.0. The van der Waals surface area contributed by atoms with Crippen LogP contribution in [0, 0.1) is 39.0 Å². The molecule has 3 aromatic rings. The van der Waals surface area contributed by atoms with E-state index in [-0.39, 0.29) is 17.1 Å². The number of benzene rings is 3. The van der Waals surface area contributed by atoms with Gasteiger partial charge in [-0.25, -0.2) is 4.90 Å². The normalized spacial score (nSPS) is 22.5. The number of hydrogen-bond acceptors (Lipinski definition) is 8. The van der Waals surface area contributed by atoms with Crippen LogP contribution in [-0.2, 0) is 14.4 Å². The Hall–Kier alpha value is -5.39. The number of non-ortho nitro benzene ring substituents is 2. The fourth-order valence-corrected chi connectivity index (χ4v) is 5.94. The van der Waals surface area contributed by atoms with Crippen LogP contribution in [-0.4, -0.2) is 39.7 Å². The number of nitrogens with one attached hydrogen (secondary N) is 1. The Labute approximate surface area is 226 Å². The summed E-state index contributed by atoms with van der Waals surface area (Å²) in [6.45, 7) is 1.58. The Morgan fingerprint density at radius 2 is 1.50 bits per heavy atom. The lowest BCUT2D eigenvalue weighted by Gasteiger charge is -2.36. The number of para-hydroxylation sites is 1. The number of rotatable bonds is 5. The predicted molar refractivity (Wildman–Crippen MR) is 145 cm³/mol. The van der Waals surface area contributed by atoms with Gasteiger partial charge < -0.3 is 10.2 Å². The zero-order chi connectivity index (χ0) is 28.3. The summed E-state index contributed by atoms with van der Waals surface area (Å²) >= 11 is 0. The van der Waals surface area contributed by atoms with Crippen molar-refractivity contribution < 1.29 is 24.2 Å². The fourth-order valence-electron chi connectivity index (χ4n) is 5.94. The number of nitro benzene ring substituents is 2. The highest BCUT2D eigenvalue weighted by molar-refractivity contribution is 6.25. The average Bonchev–Trinajstić information content (AvgIpc) is 3.41. The van der Waals surface area contributed by atoms with E-state index in [1.807, 2.05) is 36.4 Å². The van der Waals surface area contributed by atoms with E-state index in [9.17, 15) is 34.6 Å². The fraction of sp³-hybridized carbons (Fsp3) is 0.179. The second-order valence-electron chi connectivity index (χ2n) is 9.85. The van der Waals surface area contributed by atoms with Gasteiger partial charge in [0.15, 0.2) is 0 Å². The number of carbonyl (C=O) groups is 3. The molecule has 3 heterocycles. The summed E-state index contributed by atoms with van der Waals surface area (Å²) < 4.78 is 0. The first-order valence-corrected chi connectivity index (χ1v) is 12.4. The van der Waals surface area contributed by atoms with E-state index in [2.05, 4.69) is 5.32 Å². The minimum atomic E-state index is -1.07. The molecule has 0 bridgehead atoms. The van der Waals surface area contributed by atoms with E-state index in [1.54, 1.807) is 11.8 Å². The molecule has 3 aliphatic rings. The number of carbonyl (C=O) groups excluding carboxylic acids is 3. The molecule has 0 radical (unpaired) electrons. The summed E-state index contributed by atoms with van der Waals surface area (Å²) in [7, 11) is 0. The second kappa shape index (κ2) is 9.12. The van der Waals surface area contributed by atoms with Crippen molar-refractivity contribution in [3.63, 3.8) is 0 Å². The molecular formula is C28H21N5O7. The first-order chi connectivity index (χ1) is 19.2. The van der Waals surface area contributed by atoms with Crippen LogP contribution in [0.4, 0.5) is 28.4 Å². The molecule has 0 unspecified atom stereocenters. The first kappa shape index (κ1) is 24.9. The smallest absolute Gasteiger partial charge is 0.269 e. The van der Waals surface area contributed by atoms with Gasteiger partial charge in [-0.05, 0) is 42.3 Å². The quantitative estimate of drug-likeness (QED) is 0.291. The first-order valence-electron chi connectivity index (χ1n) is 12.4. The zero-order valence-corrected chi connectivity index (χ0v) is 21.0. The molecule has 12 nitrogen and oxygen atoms in total. The van der Waals surface area contributed by atoms with Crippen LogP contribution >= 0.6 is 0 Å². The van der Waals surface area contributed by atoms with Crippen molar-refractivity contribution in [3.8, 4) is 0 Å². The number of imide groups is 1. The standard InChI is InChI=1S/C28H21N5O7/c1-15-14-19(33(39)40)11-13-20(15)31-27(35)23-22-12-6-16-4-2-3-5-21(16)30(22)25(24(23)28(31)36)26(34)29-17-7-9-18(10-8-17)32(37)38/h2-14,22-25H,1H3,(H,29,34)/t22-,23-,24-,25+/m0/s1. The van der Waals surface area contributed by atoms with Gasteiger partial charge in [-0.2, -0.15) is 0 Å². The van der Waals surface area contributed by atoms with Gasteiger partial charge >= 0.3 is 0 Å². The van der Waals surface area contributed by atoms with Crippen molar-refractivity contribution in [2.75, 3.05) is 15.1 Å². The summed E-state index contributed by atoms with van der Waals surface area (Å²) in [5.41, 5.74) is 2.14. The molecule has 2 fully saturated rings. The van der Waals surface area contributed by atoms with Crippen molar-refractivity contribution in [2.24, 2.45) is 11.8 Å². The Kier molecular flexibility index (Phi) is 5.68. The number of amides is 3. The van der Waals surface area contributed by atoms with E-state index in [0.29, 0.717) is 16.9 Å². The van der Waals surface area contributed by atoms with Gasteiger partial charge in [0.25, 0.3) is 11.4 Å². The van der Waals surface area contributed by atoms with Crippen LogP contribution in [0.25, 0.3) is 6.08 Å². The Morgan fingerprint density at radius 3 is 2.17 bits per heavy atom. The van der Waals surface area contributed by atoms with E-state index in [1.165, 1.54) is 42.5 Å². The molecule has 6 rings (SSSR count). The Morgan fingerprint density at radius 1 is 0.850 bits per heavy atom. The summed E-state index contributed by atoms with van der Waals surface area (Å²) in [4.78, 5) is 65.7. The number of hydrogen-bond donors (Lipinski definition) is 1. The maximum Gasteiger partial charge on any atom is 0.269 e. The van der Waals surface area contributed by atoms with E-state index in [0.717, 1.165) is 10.5 Å². The Bertz CT molecular complexity index is 1650. The van der Waals surface area contributed by atoms with E-state index >= 15 is 0 Å². The number of anilines is 3. The van der Waals surface area contributed by atoms with Gasteiger partial charge in [-0.3, -0.25) is 34.6 Å². The van der Waals surface area contributed by atoms with Gasteiger partial charge in [0, 0.05) is 35.6 Å². The van der Waals surface area contributed by atoms with Crippen molar-refractivity contribution in [1.82, 2.24) is 0 Å². The highest BCUT2D eigenvalue weighted by Gasteiger charge is 2.64. The summed E-state index contributed by atoms with van der Waals surface area (Å²) in [6, 6.07) is 14.9. The minimum absolute atomic E-state index is 0.139. The van der Waals surface area contributed by atoms with Crippen molar-refractivity contribution in [3.05, 3.63) is 104 Å². The van der Waals surface area contributed by atoms with Crippen molar-refractivity contribution in [1.29, 1.82) is 0 Å². The van der Waals surface area contributed by atoms with Crippen LogP contribution in [0.2, 0.25) is 0 Å². The highest BCUT2D eigenvalue weighted by Crippen LogP contribution is 2.49. The van der Waals surface area contributed by atoms with Crippen molar-refractivity contribution >= 4 is 52.2 Å². The molecule has 3 amide bonds. The topological polar surface area (TPSA) is 156 Å². The largest absolute Gasteiger partial charge is 0.351 e. The molecule has 0 aliphatic carbocycles.